The monoisotopic (exact) mass is 320 g/mol. The van der Waals surface area contributed by atoms with Gasteiger partial charge in [0.2, 0.25) is 5.95 Å². The van der Waals surface area contributed by atoms with Crippen LogP contribution in [0.5, 0.6) is 11.5 Å². The summed E-state index contributed by atoms with van der Waals surface area (Å²) in [6, 6.07) is 13.8. The molecular weight excluding hydrogens is 300 g/mol. The van der Waals surface area contributed by atoms with E-state index in [0.29, 0.717) is 5.95 Å². The zero-order valence-corrected chi connectivity index (χ0v) is 14.0. The van der Waals surface area contributed by atoms with E-state index in [0.717, 1.165) is 22.8 Å². The molecule has 0 unspecified atom stereocenters. The Kier molecular flexibility index (Phi) is 4.33. The standard InChI is InChI=1S/C19H20N4O/c1-13-4-7-18(10-14(13)2)24-17-8-5-16(6-9-17)11-21-23-12-15(3)22-19(23)20/h4-12H,1-3H3,(H2,20,22). The minimum atomic E-state index is 0.374. The largest absolute Gasteiger partial charge is 0.457 e. The first-order valence-corrected chi connectivity index (χ1v) is 7.72. The summed E-state index contributed by atoms with van der Waals surface area (Å²) in [5.74, 6) is 1.99. The van der Waals surface area contributed by atoms with Crippen LogP contribution in [0, 0.1) is 20.8 Å². The van der Waals surface area contributed by atoms with Crippen LogP contribution in [-0.4, -0.2) is 15.9 Å². The fourth-order valence-corrected chi connectivity index (χ4v) is 2.26. The van der Waals surface area contributed by atoms with Crippen molar-refractivity contribution in [1.82, 2.24) is 9.66 Å². The fraction of sp³-hybridized carbons (Fsp3) is 0.158. The van der Waals surface area contributed by atoms with Gasteiger partial charge in [-0.15, -0.1) is 0 Å². The molecule has 3 rings (SSSR count). The van der Waals surface area contributed by atoms with Crippen LogP contribution in [0.2, 0.25) is 0 Å². The second-order valence-electron chi connectivity index (χ2n) is 5.75. The van der Waals surface area contributed by atoms with Gasteiger partial charge in [0.15, 0.2) is 0 Å². The third kappa shape index (κ3) is 3.63. The van der Waals surface area contributed by atoms with Crippen molar-refractivity contribution in [2.45, 2.75) is 20.8 Å². The molecule has 0 spiro atoms. The maximum Gasteiger partial charge on any atom is 0.221 e. The number of aryl methyl sites for hydroxylation is 3. The van der Waals surface area contributed by atoms with E-state index in [-0.39, 0.29) is 0 Å². The van der Waals surface area contributed by atoms with Gasteiger partial charge in [-0.1, -0.05) is 6.07 Å². The lowest BCUT2D eigenvalue weighted by molar-refractivity contribution is 0.482. The Bertz CT molecular complexity index is 879. The van der Waals surface area contributed by atoms with Gasteiger partial charge in [-0.3, -0.25) is 0 Å². The number of imidazole rings is 1. The lowest BCUT2D eigenvalue weighted by Gasteiger charge is -2.08. The number of nitrogen functional groups attached to an aromatic ring is 1. The highest BCUT2D eigenvalue weighted by atomic mass is 16.5. The molecule has 0 amide bonds. The molecule has 1 heterocycles. The van der Waals surface area contributed by atoms with Crippen molar-refractivity contribution in [1.29, 1.82) is 0 Å². The van der Waals surface area contributed by atoms with Crippen molar-refractivity contribution in [3.63, 3.8) is 0 Å². The molecule has 5 nitrogen and oxygen atoms in total. The van der Waals surface area contributed by atoms with E-state index in [4.69, 9.17) is 10.5 Å². The van der Waals surface area contributed by atoms with E-state index in [1.54, 1.807) is 17.1 Å². The van der Waals surface area contributed by atoms with E-state index in [1.165, 1.54) is 11.1 Å². The van der Waals surface area contributed by atoms with Crippen molar-refractivity contribution in [3.05, 3.63) is 71.0 Å². The second kappa shape index (κ2) is 6.58. The van der Waals surface area contributed by atoms with Gasteiger partial charge in [0, 0.05) is 0 Å². The fourth-order valence-electron chi connectivity index (χ4n) is 2.26. The minimum Gasteiger partial charge on any atom is -0.457 e. The predicted octanol–water partition coefficient (Wildman–Crippen LogP) is 4.07. The quantitative estimate of drug-likeness (QED) is 0.737. The summed E-state index contributed by atoms with van der Waals surface area (Å²) in [7, 11) is 0. The number of nitrogens with zero attached hydrogens (tertiary/aromatic N) is 3. The van der Waals surface area contributed by atoms with Gasteiger partial charge < -0.3 is 10.5 Å². The van der Waals surface area contributed by atoms with E-state index < -0.39 is 0 Å². The Morgan fingerprint density at radius 3 is 2.33 bits per heavy atom. The van der Waals surface area contributed by atoms with Crippen LogP contribution in [0.3, 0.4) is 0 Å². The van der Waals surface area contributed by atoms with Gasteiger partial charge in [0.05, 0.1) is 18.1 Å². The van der Waals surface area contributed by atoms with Crippen LogP contribution in [-0.2, 0) is 0 Å². The maximum absolute atomic E-state index is 5.87. The lowest BCUT2D eigenvalue weighted by Crippen LogP contribution is -1.97. The van der Waals surface area contributed by atoms with E-state index >= 15 is 0 Å². The van der Waals surface area contributed by atoms with Crippen molar-refractivity contribution in [2.75, 3.05) is 5.73 Å². The van der Waals surface area contributed by atoms with Crippen molar-refractivity contribution in [2.24, 2.45) is 5.10 Å². The summed E-state index contributed by atoms with van der Waals surface area (Å²) in [5.41, 5.74) is 10.0. The topological polar surface area (TPSA) is 65.4 Å². The SMILES string of the molecule is Cc1cn(N=Cc2ccc(Oc3ccc(C)c(C)c3)cc2)c(N)n1. The summed E-state index contributed by atoms with van der Waals surface area (Å²) in [4.78, 5) is 4.10. The normalized spacial score (nSPS) is 11.1. The van der Waals surface area contributed by atoms with Gasteiger partial charge in [-0.2, -0.15) is 5.10 Å². The first-order chi connectivity index (χ1) is 11.5. The number of hydrogen-bond donors (Lipinski definition) is 1. The van der Waals surface area contributed by atoms with Crippen LogP contribution >= 0.6 is 0 Å². The van der Waals surface area contributed by atoms with Crippen LogP contribution in [0.1, 0.15) is 22.4 Å². The highest BCUT2D eigenvalue weighted by molar-refractivity contribution is 5.79. The number of rotatable bonds is 4. The molecule has 5 heteroatoms. The first-order valence-electron chi connectivity index (χ1n) is 7.72. The summed E-state index contributed by atoms with van der Waals surface area (Å²) < 4.78 is 7.43. The zero-order chi connectivity index (χ0) is 17.1. The maximum atomic E-state index is 5.87. The summed E-state index contributed by atoms with van der Waals surface area (Å²) in [6.45, 7) is 6.04. The van der Waals surface area contributed by atoms with E-state index in [2.05, 4.69) is 30.0 Å². The highest BCUT2D eigenvalue weighted by Crippen LogP contribution is 2.23. The molecule has 3 aromatic rings. The van der Waals surface area contributed by atoms with Gasteiger partial charge in [-0.25, -0.2) is 9.66 Å². The van der Waals surface area contributed by atoms with Crippen LogP contribution < -0.4 is 10.5 Å². The smallest absolute Gasteiger partial charge is 0.221 e. The summed E-state index contributed by atoms with van der Waals surface area (Å²) in [5, 5.41) is 4.30. The number of hydrogen-bond acceptors (Lipinski definition) is 4. The van der Waals surface area contributed by atoms with Gasteiger partial charge in [0.25, 0.3) is 0 Å². The highest BCUT2D eigenvalue weighted by Gasteiger charge is 2.01. The molecule has 2 N–H and O–H groups in total. The Labute approximate surface area is 141 Å². The number of nitrogens with two attached hydrogens (primary N) is 1. The Morgan fingerprint density at radius 1 is 1.00 bits per heavy atom. The number of aromatic nitrogens is 2. The van der Waals surface area contributed by atoms with E-state index in [1.807, 2.05) is 43.3 Å². The molecule has 122 valence electrons. The molecule has 0 fully saturated rings. The Balaban J connectivity index is 1.71. The lowest BCUT2D eigenvalue weighted by atomic mass is 10.1. The summed E-state index contributed by atoms with van der Waals surface area (Å²) >= 11 is 0. The van der Waals surface area contributed by atoms with E-state index in [9.17, 15) is 0 Å². The van der Waals surface area contributed by atoms with Gasteiger partial charge in [0.1, 0.15) is 11.5 Å². The molecule has 0 saturated heterocycles. The van der Waals surface area contributed by atoms with Gasteiger partial charge >= 0.3 is 0 Å². The number of ether oxygens (including phenoxy) is 1. The number of benzene rings is 2. The predicted molar refractivity (Wildman–Crippen MR) is 96.8 cm³/mol. The Hall–Kier alpha value is -3.08. The van der Waals surface area contributed by atoms with Crippen molar-refractivity contribution < 1.29 is 4.74 Å². The van der Waals surface area contributed by atoms with Gasteiger partial charge in [-0.05, 0) is 73.9 Å². The third-order valence-electron chi connectivity index (χ3n) is 3.76. The average Bonchev–Trinajstić information content (AvgIpc) is 2.88. The Morgan fingerprint density at radius 2 is 1.71 bits per heavy atom. The zero-order valence-electron chi connectivity index (χ0n) is 14.0. The van der Waals surface area contributed by atoms with Crippen LogP contribution in [0.25, 0.3) is 0 Å². The molecule has 2 aromatic carbocycles. The molecule has 0 aliphatic heterocycles. The molecule has 0 aliphatic rings. The second-order valence-corrected chi connectivity index (χ2v) is 5.75. The number of anilines is 1. The summed E-state index contributed by atoms with van der Waals surface area (Å²) in [6.07, 6.45) is 3.51. The molecule has 0 atom stereocenters. The minimum absolute atomic E-state index is 0.374. The molecule has 0 bridgehead atoms. The molecule has 1 aromatic heterocycles. The van der Waals surface area contributed by atoms with Crippen molar-refractivity contribution >= 4 is 12.2 Å². The third-order valence-corrected chi connectivity index (χ3v) is 3.76. The van der Waals surface area contributed by atoms with Crippen LogP contribution in [0.15, 0.2) is 53.8 Å². The molecule has 24 heavy (non-hydrogen) atoms. The molecule has 0 aliphatic carbocycles. The first kappa shape index (κ1) is 15.8. The van der Waals surface area contributed by atoms with Crippen molar-refractivity contribution in [3.8, 4) is 11.5 Å². The van der Waals surface area contributed by atoms with Crippen LogP contribution in [0.4, 0.5) is 5.95 Å². The average molecular weight is 320 g/mol. The molecule has 0 saturated carbocycles. The molecule has 0 radical (unpaired) electrons. The molecular formula is C19H20N4O.